The smallest absolute Gasteiger partial charge is 0.141 e. The molecular weight excluding hydrogens is 326 g/mol. The van der Waals surface area contributed by atoms with Crippen molar-refractivity contribution in [1.82, 2.24) is 0 Å². The quantitative estimate of drug-likeness (QED) is 0.829. The number of aryl methyl sites for hydroxylation is 1. The standard InChI is InChI=1S/C18H20BrNO/c1-12-3-8-18(21-2)17(9-12)20-16-10-14(11-16)13-4-6-15(19)7-5-13/h3-9,14,16,20H,10-11H2,1-2H3. The molecule has 0 saturated heterocycles. The van der Waals surface area contributed by atoms with Crippen LogP contribution < -0.4 is 10.1 Å². The maximum absolute atomic E-state index is 5.43. The van der Waals surface area contributed by atoms with E-state index in [0.717, 1.165) is 15.9 Å². The molecule has 0 heterocycles. The van der Waals surface area contributed by atoms with Gasteiger partial charge in [0.15, 0.2) is 0 Å². The van der Waals surface area contributed by atoms with Crippen LogP contribution in [-0.4, -0.2) is 13.2 Å². The van der Waals surface area contributed by atoms with Crippen molar-refractivity contribution in [3.63, 3.8) is 0 Å². The number of nitrogens with one attached hydrogen (secondary N) is 1. The van der Waals surface area contributed by atoms with Crippen molar-refractivity contribution in [1.29, 1.82) is 0 Å². The van der Waals surface area contributed by atoms with Crippen LogP contribution >= 0.6 is 15.9 Å². The van der Waals surface area contributed by atoms with Crippen LogP contribution in [0, 0.1) is 6.92 Å². The molecule has 1 aliphatic carbocycles. The second-order valence-corrected chi connectivity index (χ2v) is 6.68. The molecule has 1 aliphatic rings. The minimum atomic E-state index is 0.536. The summed E-state index contributed by atoms with van der Waals surface area (Å²) >= 11 is 3.49. The number of hydrogen-bond acceptors (Lipinski definition) is 2. The number of rotatable bonds is 4. The summed E-state index contributed by atoms with van der Waals surface area (Å²) in [6.07, 6.45) is 2.36. The fourth-order valence-electron chi connectivity index (χ4n) is 2.90. The van der Waals surface area contributed by atoms with E-state index >= 15 is 0 Å². The van der Waals surface area contributed by atoms with Gasteiger partial charge in [0.05, 0.1) is 12.8 Å². The molecule has 1 saturated carbocycles. The topological polar surface area (TPSA) is 21.3 Å². The number of benzene rings is 2. The van der Waals surface area contributed by atoms with Crippen molar-refractivity contribution in [2.45, 2.75) is 31.7 Å². The molecule has 0 atom stereocenters. The van der Waals surface area contributed by atoms with Crippen molar-refractivity contribution in [3.05, 3.63) is 58.1 Å². The van der Waals surface area contributed by atoms with Gasteiger partial charge in [-0.05, 0) is 61.1 Å². The van der Waals surface area contributed by atoms with Gasteiger partial charge < -0.3 is 10.1 Å². The molecule has 0 bridgehead atoms. The first-order valence-electron chi connectivity index (χ1n) is 7.32. The average molecular weight is 346 g/mol. The zero-order valence-electron chi connectivity index (χ0n) is 12.4. The van der Waals surface area contributed by atoms with E-state index in [-0.39, 0.29) is 0 Å². The lowest BCUT2D eigenvalue weighted by molar-refractivity contribution is 0.370. The zero-order chi connectivity index (χ0) is 14.8. The first-order valence-corrected chi connectivity index (χ1v) is 8.11. The first kappa shape index (κ1) is 14.5. The van der Waals surface area contributed by atoms with Crippen LogP contribution in [0.4, 0.5) is 5.69 Å². The lowest BCUT2D eigenvalue weighted by atomic mass is 9.76. The summed E-state index contributed by atoms with van der Waals surface area (Å²) in [6.45, 7) is 2.11. The van der Waals surface area contributed by atoms with Crippen LogP contribution in [0.2, 0.25) is 0 Å². The fourth-order valence-corrected chi connectivity index (χ4v) is 3.16. The summed E-state index contributed by atoms with van der Waals surface area (Å²) in [7, 11) is 1.72. The SMILES string of the molecule is COc1ccc(C)cc1NC1CC(c2ccc(Br)cc2)C1. The van der Waals surface area contributed by atoms with Gasteiger partial charge in [-0.25, -0.2) is 0 Å². The van der Waals surface area contributed by atoms with Crippen LogP contribution in [0.1, 0.15) is 29.9 Å². The van der Waals surface area contributed by atoms with Gasteiger partial charge in [-0.1, -0.05) is 34.1 Å². The van der Waals surface area contributed by atoms with Gasteiger partial charge in [0.25, 0.3) is 0 Å². The highest BCUT2D eigenvalue weighted by Crippen LogP contribution is 2.40. The lowest BCUT2D eigenvalue weighted by Crippen LogP contribution is -2.34. The zero-order valence-corrected chi connectivity index (χ0v) is 14.0. The second-order valence-electron chi connectivity index (χ2n) is 5.76. The third-order valence-corrected chi connectivity index (χ3v) is 4.72. The third-order valence-electron chi connectivity index (χ3n) is 4.19. The molecule has 1 N–H and O–H groups in total. The van der Waals surface area contributed by atoms with Crippen molar-refractivity contribution in [3.8, 4) is 5.75 Å². The number of anilines is 1. The Bertz CT molecular complexity index is 618. The third kappa shape index (κ3) is 3.24. The average Bonchev–Trinajstić information content (AvgIpc) is 2.44. The minimum absolute atomic E-state index is 0.536. The summed E-state index contributed by atoms with van der Waals surface area (Å²) in [5.74, 6) is 1.60. The molecule has 0 radical (unpaired) electrons. The Kier molecular flexibility index (Phi) is 4.20. The van der Waals surface area contributed by atoms with E-state index in [1.807, 2.05) is 6.07 Å². The van der Waals surface area contributed by atoms with E-state index in [0.29, 0.717) is 12.0 Å². The Labute approximate surface area is 134 Å². The van der Waals surface area contributed by atoms with E-state index in [1.54, 1.807) is 7.11 Å². The monoisotopic (exact) mass is 345 g/mol. The van der Waals surface area contributed by atoms with Gasteiger partial charge in [0.1, 0.15) is 5.75 Å². The molecule has 0 aromatic heterocycles. The number of hydrogen-bond donors (Lipinski definition) is 1. The van der Waals surface area contributed by atoms with Crippen LogP contribution in [0.5, 0.6) is 5.75 Å². The van der Waals surface area contributed by atoms with Crippen molar-refractivity contribution in [2.24, 2.45) is 0 Å². The predicted octanol–water partition coefficient (Wildman–Crippen LogP) is 5.12. The maximum Gasteiger partial charge on any atom is 0.141 e. The second kappa shape index (κ2) is 6.10. The number of ether oxygens (including phenoxy) is 1. The van der Waals surface area contributed by atoms with E-state index in [2.05, 4.69) is 64.6 Å². The minimum Gasteiger partial charge on any atom is -0.495 e. The molecule has 0 unspecified atom stereocenters. The normalized spacial score (nSPS) is 20.7. The van der Waals surface area contributed by atoms with Crippen LogP contribution in [0.3, 0.4) is 0 Å². The van der Waals surface area contributed by atoms with Crippen molar-refractivity contribution < 1.29 is 4.74 Å². The summed E-state index contributed by atoms with van der Waals surface area (Å²) in [4.78, 5) is 0. The van der Waals surface area contributed by atoms with Gasteiger partial charge in [-0.15, -0.1) is 0 Å². The molecule has 21 heavy (non-hydrogen) atoms. The van der Waals surface area contributed by atoms with Gasteiger partial charge in [0, 0.05) is 10.5 Å². The highest BCUT2D eigenvalue weighted by molar-refractivity contribution is 9.10. The summed E-state index contributed by atoms with van der Waals surface area (Å²) in [5.41, 5.74) is 3.80. The molecule has 110 valence electrons. The van der Waals surface area contributed by atoms with Gasteiger partial charge in [0.2, 0.25) is 0 Å². The number of methoxy groups -OCH3 is 1. The Morgan fingerprint density at radius 1 is 1.10 bits per heavy atom. The van der Waals surface area contributed by atoms with Crippen LogP contribution in [-0.2, 0) is 0 Å². The van der Waals surface area contributed by atoms with E-state index in [4.69, 9.17) is 4.74 Å². The molecule has 2 aromatic carbocycles. The molecule has 1 fully saturated rings. The van der Waals surface area contributed by atoms with Crippen molar-refractivity contribution in [2.75, 3.05) is 12.4 Å². The van der Waals surface area contributed by atoms with Gasteiger partial charge in [-0.3, -0.25) is 0 Å². The molecule has 2 nitrogen and oxygen atoms in total. The Hall–Kier alpha value is -1.48. The summed E-state index contributed by atoms with van der Waals surface area (Å²) in [5, 5.41) is 3.62. The highest BCUT2D eigenvalue weighted by Gasteiger charge is 2.30. The summed E-state index contributed by atoms with van der Waals surface area (Å²) < 4.78 is 6.57. The summed E-state index contributed by atoms with van der Waals surface area (Å²) in [6, 6.07) is 15.5. The maximum atomic E-state index is 5.43. The van der Waals surface area contributed by atoms with Gasteiger partial charge in [-0.2, -0.15) is 0 Å². The highest BCUT2D eigenvalue weighted by atomic mass is 79.9. The van der Waals surface area contributed by atoms with E-state index < -0.39 is 0 Å². The molecular formula is C18H20BrNO. The first-order chi connectivity index (χ1) is 10.2. The lowest BCUT2D eigenvalue weighted by Gasteiger charge is -2.37. The fraction of sp³-hybridized carbons (Fsp3) is 0.333. The Balaban J connectivity index is 1.62. The molecule has 0 amide bonds. The Morgan fingerprint density at radius 2 is 1.81 bits per heavy atom. The molecule has 0 spiro atoms. The molecule has 0 aliphatic heterocycles. The van der Waals surface area contributed by atoms with E-state index in [9.17, 15) is 0 Å². The predicted molar refractivity (Wildman–Crippen MR) is 91.3 cm³/mol. The van der Waals surface area contributed by atoms with Gasteiger partial charge >= 0.3 is 0 Å². The number of halogens is 1. The largest absolute Gasteiger partial charge is 0.495 e. The molecule has 3 heteroatoms. The van der Waals surface area contributed by atoms with Crippen molar-refractivity contribution >= 4 is 21.6 Å². The molecule has 3 rings (SSSR count). The van der Waals surface area contributed by atoms with Crippen LogP contribution in [0.15, 0.2) is 46.9 Å². The van der Waals surface area contributed by atoms with E-state index in [1.165, 1.54) is 24.0 Å². The Morgan fingerprint density at radius 3 is 2.48 bits per heavy atom. The molecule has 2 aromatic rings. The van der Waals surface area contributed by atoms with Crippen LogP contribution in [0.25, 0.3) is 0 Å².